The smallest absolute Gasteiger partial charge is 0.405 e. The van der Waals surface area contributed by atoms with Gasteiger partial charge in [0.1, 0.15) is 0 Å². The molecule has 0 amide bonds. The van der Waals surface area contributed by atoms with Crippen molar-refractivity contribution >= 4 is 7.12 Å². The molecule has 4 atom stereocenters. The molecule has 3 aliphatic carbocycles. The minimum Gasteiger partial charge on any atom is -0.405 e. The average molecular weight is 208 g/mol. The van der Waals surface area contributed by atoms with Crippen molar-refractivity contribution in [3.05, 3.63) is 0 Å². The molecule has 0 radical (unpaired) electrons. The SMILES string of the molecule is CCB1OC2C3CC(C[C@]2(C)O1)C3(C)C. The third-order valence-electron chi connectivity index (χ3n) is 5.20. The van der Waals surface area contributed by atoms with Gasteiger partial charge in [-0.3, -0.25) is 0 Å². The highest BCUT2D eigenvalue weighted by atomic mass is 16.7. The molecule has 0 aromatic rings. The van der Waals surface area contributed by atoms with Crippen molar-refractivity contribution < 1.29 is 9.31 Å². The predicted molar refractivity (Wildman–Crippen MR) is 60.6 cm³/mol. The molecular weight excluding hydrogens is 187 g/mol. The molecule has 4 fully saturated rings. The Balaban J connectivity index is 1.87. The van der Waals surface area contributed by atoms with Crippen LogP contribution in [0.25, 0.3) is 0 Å². The van der Waals surface area contributed by atoms with Gasteiger partial charge in [0.25, 0.3) is 0 Å². The highest BCUT2D eigenvalue weighted by molar-refractivity contribution is 6.45. The van der Waals surface area contributed by atoms with E-state index in [2.05, 4.69) is 27.7 Å². The predicted octanol–water partition coefficient (Wildman–Crippen LogP) is 2.73. The Hall–Kier alpha value is -0.0151. The first kappa shape index (κ1) is 10.2. The monoisotopic (exact) mass is 208 g/mol. The van der Waals surface area contributed by atoms with Gasteiger partial charge in [0.15, 0.2) is 0 Å². The van der Waals surface area contributed by atoms with E-state index in [1.165, 1.54) is 12.8 Å². The van der Waals surface area contributed by atoms with E-state index in [0.29, 0.717) is 11.5 Å². The molecule has 2 nitrogen and oxygen atoms in total. The summed E-state index contributed by atoms with van der Waals surface area (Å²) in [6.45, 7) is 9.19. The van der Waals surface area contributed by atoms with E-state index in [1.54, 1.807) is 0 Å². The van der Waals surface area contributed by atoms with Gasteiger partial charge in [-0.05, 0) is 43.3 Å². The van der Waals surface area contributed by atoms with Crippen LogP contribution in [0, 0.1) is 17.3 Å². The van der Waals surface area contributed by atoms with E-state index in [0.717, 1.165) is 18.2 Å². The molecule has 0 spiro atoms. The van der Waals surface area contributed by atoms with Crippen LogP contribution < -0.4 is 0 Å². The van der Waals surface area contributed by atoms with Crippen molar-refractivity contribution in [3.63, 3.8) is 0 Å². The summed E-state index contributed by atoms with van der Waals surface area (Å²) in [7, 11) is 0.0511. The first-order valence-corrected chi connectivity index (χ1v) is 6.30. The Morgan fingerprint density at radius 3 is 2.67 bits per heavy atom. The second-order valence-electron chi connectivity index (χ2n) is 6.39. The zero-order valence-corrected chi connectivity index (χ0v) is 10.2. The molecule has 0 N–H and O–H groups in total. The van der Waals surface area contributed by atoms with Crippen LogP contribution in [0.4, 0.5) is 0 Å². The van der Waals surface area contributed by atoms with Crippen molar-refractivity contribution in [2.45, 2.75) is 58.6 Å². The summed E-state index contributed by atoms with van der Waals surface area (Å²) in [5, 5.41) is 0. The normalized spacial score (nSPS) is 51.2. The van der Waals surface area contributed by atoms with Crippen LogP contribution in [-0.2, 0) is 9.31 Å². The van der Waals surface area contributed by atoms with Crippen molar-refractivity contribution in [2.75, 3.05) is 0 Å². The van der Waals surface area contributed by atoms with Crippen LogP contribution in [-0.4, -0.2) is 18.8 Å². The summed E-state index contributed by atoms with van der Waals surface area (Å²) in [6.07, 6.45) is 3.87. The highest BCUT2D eigenvalue weighted by Crippen LogP contribution is 2.64. The van der Waals surface area contributed by atoms with E-state index in [1.807, 2.05) is 0 Å². The molecule has 0 aromatic heterocycles. The number of hydrogen-bond acceptors (Lipinski definition) is 2. The summed E-state index contributed by atoms with van der Waals surface area (Å²) in [4.78, 5) is 0. The van der Waals surface area contributed by atoms with E-state index in [-0.39, 0.29) is 12.7 Å². The zero-order valence-electron chi connectivity index (χ0n) is 10.2. The Kier molecular flexibility index (Phi) is 1.90. The first-order chi connectivity index (χ1) is 6.97. The minimum atomic E-state index is 0.0176. The van der Waals surface area contributed by atoms with E-state index >= 15 is 0 Å². The molecule has 84 valence electrons. The fourth-order valence-electron chi connectivity index (χ4n) is 3.97. The van der Waals surface area contributed by atoms with E-state index in [9.17, 15) is 0 Å². The topological polar surface area (TPSA) is 18.5 Å². The molecule has 1 heterocycles. The Morgan fingerprint density at radius 2 is 2.07 bits per heavy atom. The van der Waals surface area contributed by atoms with Gasteiger partial charge in [-0.25, -0.2) is 0 Å². The lowest BCUT2D eigenvalue weighted by molar-refractivity contribution is -0.185. The second kappa shape index (κ2) is 2.81. The van der Waals surface area contributed by atoms with Crippen LogP contribution in [0.3, 0.4) is 0 Å². The molecule has 1 saturated heterocycles. The van der Waals surface area contributed by atoms with Crippen molar-refractivity contribution in [3.8, 4) is 0 Å². The van der Waals surface area contributed by atoms with Crippen LogP contribution >= 0.6 is 0 Å². The van der Waals surface area contributed by atoms with Crippen molar-refractivity contribution in [1.82, 2.24) is 0 Å². The van der Waals surface area contributed by atoms with Gasteiger partial charge >= 0.3 is 7.12 Å². The van der Waals surface area contributed by atoms with Crippen LogP contribution in [0.2, 0.25) is 6.32 Å². The summed E-state index contributed by atoms with van der Waals surface area (Å²) < 4.78 is 12.2. The minimum absolute atomic E-state index is 0.0176. The standard InChI is InChI=1S/C12H21BO2/c1-5-13-14-10-9-6-8(11(9,2)3)7-12(10,4)15-13/h8-10H,5-7H2,1-4H3/t8?,9?,10?,12-/m0/s1. The number of rotatable bonds is 1. The summed E-state index contributed by atoms with van der Waals surface area (Å²) >= 11 is 0. The lowest BCUT2D eigenvalue weighted by Crippen LogP contribution is -2.63. The summed E-state index contributed by atoms with van der Waals surface area (Å²) in [5.74, 6) is 1.57. The summed E-state index contributed by atoms with van der Waals surface area (Å²) in [5.41, 5.74) is 0.500. The van der Waals surface area contributed by atoms with Gasteiger partial charge in [0.2, 0.25) is 0 Å². The molecular formula is C12H21BO2. The Bertz CT molecular complexity index is 291. The van der Waals surface area contributed by atoms with Crippen molar-refractivity contribution in [2.24, 2.45) is 17.3 Å². The Labute approximate surface area is 92.9 Å². The average Bonchev–Trinajstić information content (AvgIpc) is 2.53. The largest absolute Gasteiger partial charge is 0.457 e. The fraction of sp³-hybridized carbons (Fsp3) is 1.00. The third kappa shape index (κ3) is 1.14. The zero-order chi connectivity index (χ0) is 10.8. The molecule has 2 bridgehead atoms. The van der Waals surface area contributed by atoms with Gasteiger partial charge in [-0.1, -0.05) is 20.8 Å². The lowest BCUT2D eigenvalue weighted by atomic mass is 9.45. The molecule has 3 saturated carbocycles. The van der Waals surface area contributed by atoms with Gasteiger partial charge in [0, 0.05) is 0 Å². The van der Waals surface area contributed by atoms with Crippen LogP contribution in [0.5, 0.6) is 0 Å². The molecule has 1 aliphatic heterocycles. The first-order valence-electron chi connectivity index (χ1n) is 6.30. The summed E-state index contributed by atoms with van der Waals surface area (Å²) in [6, 6.07) is 0. The fourth-order valence-corrected chi connectivity index (χ4v) is 3.97. The van der Waals surface area contributed by atoms with Gasteiger partial charge in [0.05, 0.1) is 11.7 Å². The molecule has 3 unspecified atom stereocenters. The molecule has 3 heteroatoms. The van der Waals surface area contributed by atoms with Crippen molar-refractivity contribution in [1.29, 1.82) is 0 Å². The maximum atomic E-state index is 6.08. The van der Waals surface area contributed by atoms with E-state index < -0.39 is 0 Å². The second-order valence-corrected chi connectivity index (χ2v) is 6.39. The third-order valence-corrected chi connectivity index (χ3v) is 5.20. The highest BCUT2D eigenvalue weighted by Gasteiger charge is 2.66. The van der Waals surface area contributed by atoms with E-state index in [4.69, 9.17) is 9.31 Å². The molecule has 4 rings (SSSR count). The van der Waals surface area contributed by atoms with Gasteiger partial charge in [-0.15, -0.1) is 0 Å². The lowest BCUT2D eigenvalue weighted by Gasteiger charge is -2.63. The van der Waals surface area contributed by atoms with Gasteiger partial charge < -0.3 is 9.31 Å². The van der Waals surface area contributed by atoms with Crippen LogP contribution in [0.1, 0.15) is 40.5 Å². The maximum Gasteiger partial charge on any atom is 0.457 e. The van der Waals surface area contributed by atoms with Crippen LogP contribution in [0.15, 0.2) is 0 Å². The quantitative estimate of drug-likeness (QED) is 0.617. The maximum absolute atomic E-state index is 6.08. The molecule has 4 aliphatic rings. The number of hydrogen-bond donors (Lipinski definition) is 0. The Morgan fingerprint density at radius 1 is 1.33 bits per heavy atom. The molecule has 15 heavy (non-hydrogen) atoms. The van der Waals surface area contributed by atoms with Gasteiger partial charge in [-0.2, -0.15) is 0 Å². The molecule has 0 aromatic carbocycles.